The van der Waals surface area contributed by atoms with Crippen molar-refractivity contribution in [1.82, 2.24) is 0 Å². The first-order chi connectivity index (χ1) is 8.47. The molecule has 1 aromatic carbocycles. The highest BCUT2D eigenvalue weighted by molar-refractivity contribution is 5.80. The Morgan fingerprint density at radius 2 is 1.83 bits per heavy atom. The second-order valence-corrected chi connectivity index (χ2v) is 4.57. The van der Waals surface area contributed by atoms with E-state index in [2.05, 4.69) is 6.07 Å². The quantitative estimate of drug-likeness (QED) is 0.769. The van der Waals surface area contributed by atoms with E-state index in [9.17, 15) is 4.79 Å². The monoisotopic (exact) mass is 250 g/mol. The average Bonchev–Trinajstić information content (AvgIpc) is 2.36. The summed E-state index contributed by atoms with van der Waals surface area (Å²) < 4.78 is 10.4. The van der Waals surface area contributed by atoms with Gasteiger partial charge >= 0.3 is 5.97 Å². The molecule has 1 unspecified atom stereocenters. The molecule has 0 saturated carbocycles. The first-order valence-corrected chi connectivity index (χ1v) is 6.20. The molecule has 0 bridgehead atoms. The minimum absolute atomic E-state index is 0.206. The molecule has 1 rings (SSSR count). The molecular formula is C15H22O3. The van der Waals surface area contributed by atoms with Crippen molar-refractivity contribution in [2.75, 3.05) is 14.2 Å². The molecule has 0 fully saturated rings. The number of carbonyl (C=O) groups excluding carboxylic acids is 1. The molecule has 0 aliphatic heterocycles. The zero-order valence-electron chi connectivity index (χ0n) is 12.1. The Bertz CT molecular complexity index is 450. The largest absolute Gasteiger partial charge is 0.496 e. The van der Waals surface area contributed by atoms with E-state index in [4.69, 9.17) is 9.47 Å². The third kappa shape index (κ3) is 2.50. The number of hydrogen-bond donors (Lipinski definition) is 0. The predicted octanol–water partition coefficient (Wildman–Crippen LogP) is 3.29. The maximum absolute atomic E-state index is 11.9. The second-order valence-electron chi connectivity index (χ2n) is 4.57. The summed E-state index contributed by atoms with van der Waals surface area (Å²) in [5.41, 5.74) is 4.29. The summed E-state index contributed by atoms with van der Waals surface area (Å²) in [4.78, 5) is 11.9. The standard InChI is InChI=1S/C15H22O3/c1-7-12(15(16)18-6)13-10(3)8-9(2)11(4)14(13)17-5/h8,12H,7H2,1-6H3. The van der Waals surface area contributed by atoms with Crippen LogP contribution in [-0.4, -0.2) is 20.2 Å². The van der Waals surface area contributed by atoms with E-state index < -0.39 is 0 Å². The SMILES string of the molecule is CCC(C(=O)OC)c1c(C)cc(C)c(C)c1OC. The lowest BCUT2D eigenvalue weighted by Crippen LogP contribution is -2.16. The maximum atomic E-state index is 11.9. The van der Waals surface area contributed by atoms with Crippen molar-refractivity contribution in [1.29, 1.82) is 0 Å². The number of hydrogen-bond acceptors (Lipinski definition) is 3. The number of carbonyl (C=O) groups is 1. The number of rotatable bonds is 4. The fourth-order valence-electron chi connectivity index (χ4n) is 2.40. The van der Waals surface area contributed by atoms with Gasteiger partial charge in [0.1, 0.15) is 5.75 Å². The van der Waals surface area contributed by atoms with Crippen molar-refractivity contribution in [3.05, 3.63) is 28.3 Å². The Kier molecular flexibility index (Phi) is 4.76. The Labute approximate surface area is 109 Å². The summed E-state index contributed by atoms with van der Waals surface area (Å²) in [5.74, 6) is 0.344. The van der Waals surface area contributed by atoms with Crippen LogP contribution in [0.5, 0.6) is 5.75 Å². The maximum Gasteiger partial charge on any atom is 0.313 e. The van der Waals surface area contributed by atoms with E-state index in [0.717, 1.165) is 22.4 Å². The topological polar surface area (TPSA) is 35.5 Å². The molecule has 1 aromatic rings. The van der Waals surface area contributed by atoms with Gasteiger partial charge in [0.15, 0.2) is 0 Å². The van der Waals surface area contributed by atoms with Gasteiger partial charge in [-0.25, -0.2) is 0 Å². The summed E-state index contributed by atoms with van der Waals surface area (Å²) in [5, 5.41) is 0. The van der Waals surface area contributed by atoms with Crippen molar-refractivity contribution in [3.8, 4) is 5.75 Å². The van der Waals surface area contributed by atoms with E-state index in [1.54, 1.807) is 7.11 Å². The zero-order valence-corrected chi connectivity index (χ0v) is 12.1. The highest BCUT2D eigenvalue weighted by Gasteiger charge is 2.26. The number of ether oxygens (including phenoxy) is 2. The van der Waals surface area contributed by atoms with Crippen LogP contribution in [0.2, 0.25) is 0 Å². The fraction of sp³-hybridized carbons (Fsp3) is 0.533. The summed E-state index contributed by atoms with van der Waals surface area (Å²) in [6.07, 6.45) is 0.701. The molecule has 1 atom stereocenters. The summed E-state index contributed by atoms with van der Waals surface area (Å²) in [7, 11) is 3.07. The molecule has 0 amide bonds. The van der Waals surface area contributed by atoms with Crippen LogP contribution in [0.15, 0.2) is 6.07 Å². The van der Waals surface area contributed by atoms with Gasteiger partial charge in [0, 0.05) is 5.56 Å². The highest BCUT2D eigenvalue weighted by Crippen LogP contribution is 2.36. The third-order valence-electron chi connectivity index (χ3n) is 3.48. The number of esters is 1. The Balaban J connectivity index is 3.46. The molecule has 0 saturated heterocycles. The van der Waals surface area contributed by atoms with Crippen LogP contribution >= 0.6 is 0 Å². The molecule has 0 aliphatic rings. The van der Waals surface area contributed by atoms with Gasteiger partial charge in [-0.15, -0.1) is 0 Å². The first kappa shape index (κ1) is 14.6. The van der Waals surface area contributed by atoms with Gasteiger partial charge in [0.25, 0.3) is 0 Å². The van der Waals surface area contributed by atoms with E-state index >= 15 is 0 Å². The van der Waals surface area contributed by atoms with Gasteiger partial charge in [-0.3, -0.25) is 4.79 Å². The van der Waals surface area contributed by atoms with Gasteiger partial charge in [0.05, 0.1) is 20.1 Å². The van der Waals surface area contributed by atoms with Crippen molar-refractivity contribution in [3.63, 3.8) is 0 Å². The summed E-state index contributed by atoms with van der Waals surface area (Å²) in [6.45, 7) is 8.06. The lowest BCUT2D eigenvalue weighted by atomic mass is 9.88. The van der Waals surface area contributed by atoms with E-state index in [0.29, 0.717) is 6.42 Å². The van der Waals surface area contributed by atoms with Gasteiger partial charge < -0.3 is 9.47 Å². The molecule has 0 N–H and O–H groups in total. The van der Waals surface area contributed by atoms with E-state index in [1.807, 2.05) is 27.7 Å². The molecule has 18 heavy (non-hydrogen) atoms. The molecule has 0 radical (unpaired) electrons. The number of benzene rings is 1. The van der Waals surface area contributed by atoms with Gasteiger partial charge in [0.2, 0.25) is 0 Å². The number of aryl methyl sites for hydroxylation is 2. The van der Waals surface area contributed by atoms with Crippen LogP contribution in [0, 0.1) is 20.8 Å². The highest BCUT2D eigenvalue weighted by atomic mass is 16.5. The minimum atomic E-state index is -0.260. The number of methoxy groups -OCH3 is 2. The fourth-order valence-corrected chi connectivity index (χ4v) is 2.40. The lowest BCUT2D eigenvalue weighted by Gasteiger charge is -2.21. The second kappa shape index (κ2) is 5.89. The van der Waals surface area contributed by atoms with Crippen LogP contribution in [-0.2, 0) is 9.53 Å². The van der Waals surface area contributed by atoms with E-state index in [-0.39, 0.29) is 11.9 Å². The molecule has 3 nitrogen and oxygen atoms in total. The van der Waals surface area contributed by atoms with Crippen LogP contribution in [0.3, 0.4) is 0 Å². The molecule has 100 valence electrons. The molecule has 0 aliphatic carbocycles. The Morgan fingerprint density at radius 3 is 2.28 bits per heavy atom. The van der Waals surface area contributed by atoms with Gasteiger partial charge in [-0.2, -0.15) is 0 Å². The Morgan fingerprint density at radius 1 is 1.22 bits per heavy atom. The van der Waals surface area contributed by atoms with Crippen molar-refractivity contribution in [2.45, 2.75) is 40.0 Å². The predicted molar refractivity (Wildman–Crippen MR) is 72.3 cm³/mol. The van der Waals surface area contributed by atoms with Gasteiger partial charge in [-0.1, -0.05) is 13.0 Å². The van der Waals surface area contributed by atoms with Crippen LogP contribution < -0.4 is 4.74 Å². The van der Waals surface area contributed by atoms with E-state index in [1.165, 1.54) is 12.7 Å². The third-order valence-corrected chi connectivity index (χ3v) is 3.48. The summed E-state index contributed by atoms with van der Waals surface area (Å²) >= 11 is 0. The van der Waals surface area contributed by atoms with Crippen LogP contribution in [0.4, 0.5) is 0 Å². The van der Waals surface area contributed by atoms with Gasteiger partial charge in [-0.05, 0) is 43.9 Å². The van der Waals surface area contributed by atoms with Crippen LogP contribution in [0.1, 0.15) is 41.5 Å². The molecule has 0 aromatic heterocycles. The normalized spacial score (nSPS) is 12.1. The smallest absolute Gasteiger partial charge is 0.313 e. The summed E-state index contributed by atoms with van der Waals surface area (Å²) in [6, 6.07) is 2.10. The van der Waals surface area contributed by atoms with Crippen LogP contribution in [0.25, 0.3) is 0 Å². The van der Waals surface area contributed by atoms with Crippen molar-refractivity contribution in [2.24, 2.45) is 0 Å². The molecule has 3 heteroatoms. The Hall–Kier alpha value is -1.51. The van der Waals surface area contributed by atoms with Crippen molar-refractivity contribution >= 4 is 5.97 Å². The molecule has 0 heterocycles. The minimum Gasteiger partial charge on any atom is -0.496 e. The van der Waals surface area contributed by atoms with Crippen molar-refractivity contribution < 1.29 is 14.3 Å². The molecular weight excluding hydrogens is 228 g/mol. The first-order valence-electron chi connectivity index (χ1n) is 6.20. The average molecular weight is 250 g/mol. The zero-order chi connectivity index (χ0) is 13.9. The lowest BCUT2D eigenvalue weighted by molar-refractivity contribution is -0.142. The molecule has 0 spiro atoms.